The van der Waals surface area contributed by atoms with Gasteiger partial charge in [-0.2, -0.15) is 5.10 Å². The van der Waals surface area contributed by atoms with E-state index in [9.17, 15) is 10.1 Å². The van der Waals surface area contributed by atoms with Gasteiger partial charge in [0.2, 0.25) is 0 Å². The van der Waals surface area contributed by atoms with Crippen LogP contribution >= 0.6 is 0 Å². The SMILES string of the molecule is Cc1n[nH]c(C)c1B(O)OC(C)(C)C(C)(C)O. The number of hydrogen-bond donors (Lipinski definition) is 3. The maximum absolute atomic E-state index is 10.1. The Morgan fingerprint density at radius 3 is 2.12 bits per heavy atom. The lowest BCUT2D eigenvalue weighted by atomic mass is 9.75. The fourth-order valence-electron chi connectivity index (χ4n) is 1.41. The maximum atomic E-state index is 10.1. The van der Waals surface area contributed by atoms with Crippen LogP contribution in [0.25, 0.3) is 0 Å². The third kappa shape index (κ3) is 2.88. The first-order valence-corrected chi connectivity index (χ1v) is 5.66. The number of rotatable bonds is 4. The molecule has 17 heavy (non-hydrogen) atoms. The van der Waals surface area contributed by atoms with Crippen LogP contribution in [0.15, 0.2) is 0 Å². The highest BCUT2D eigenvalue weighted by molar-refractivity contribution is 6.61. The molecule has 0 aliphatic rings. The summed E-state index contributed by atoms with van der Waals surface area (Å²) in [4.78, 5) is 0. The largest absolute Gasteiger partial charge is 0.495 e. The Hall–Kier alpha value is -0.845. The fraction of sp³-hybridized carbons (Fsp3) is 0.727. The smallest absolute Gasteiger partial charge is 0.423 e. The molecule has 0 bridgehead atoms. The number of hydrogen-bond acceptors (Lipinski definition) is 4. The van der Waals surface area contributed by atoms with E-state index in [0.29, 0.717) is 11.2 Å². The summed E-state index contributed by atoms with van der Waals surface area (Å²) in [6.07, 6.45) is 0. The second-order valence-corrected chi connectivity index (χ2v) is 5.39. The number of aliphatic hydroxyl groups is 1. The number of aryl methyl sites for hydroxylation is 2. The average Bonchev–Trinajstić information content (AvgIpc) is 2.43. The molecule has 5 nitrogen and oxygen atoms in total. The third-order valence-corrected chi connectivity index (χ3v) is 3.31. The van der Waals surface area contributed by atoms with Crippen molar-refractivity contribution in [3.8, 4) is 0 Å². The summed E-state index contributed by atoms with van der Waals surface area (Å²) in [5, 5.41) is 26.8. The number of aromatic nitrogens is 2. The summed E-state index contributed by atoms with van der Waals surface area (Å²) in [6.45, 7) is 10.4. The molecule has 96 valence electrons. The predicted molar refractivity (Wildman–Crippen MR) is 67.1 cm³/mol. The first kappa shape index (κ1) is 14.2. The summed E-state index contributed by atoms with van der Waals surface area (Å²) in [5.41, 5.74) is 0.160. The summed E-state index contributed by atoms with van der Waals surface area (Å²) in [5.74, 6) is 0. The predicted octanol–water partition coefficient (Wildman–Crippen LogP) is 0.280. The lowest BCUT2D eigenvalue weighted by molar-refractivity contribution is -0.0982. The zero-order valence-corrected chi connectivity index (χ0v) is 11.3. The van der Waals surface area contributed by atoms with E-state index in [0.717, 1.165) is 5.69 Å². The van der Waals surface area contributed by atoms with Crippen molar-refractivity contribution in [2.24, 2.45) is 0 Å². The van der Waals surface area contributed by atoms with Crippen LogP contribution in [0.3, 0.4) is 0 Å². The molecular formula is C11H21BN2O3. The van der Waals surface area contributed by atoms with Crippen molar-refractivity contribution in [2.45, 2.75) is 52.7 Å². The monoisotopic (exact) mass is 240 g/mol. The van der Waals surface area contributed by atoms with Gasteiger partial charge in [-0.3, -0.25) is 5.10 Å². The van der Waals surface area contributed by atoms with E-state index in [1.807, 2.05) is 6.92 Å². The molecule has 0 aromatic carbocycles. The van der Waals surface area contributed by atoms with Crippen molar-refractivity contribution in [1.29, 1.82) is 0 Å². The van der Waals surface area contributed by atoms with E-state index in [1.54, 1.807) is 34.6 Å². The van der Waals surface area contributed by atoms with Crippen molar-refractivity contribution in [1.82, 2.24) is 10.2 Å². The van der Waals surface area contributed by atoms with Gasteiger partial charge >= 0.3 is 7.12 Å². The van der Waals surface area contributed by atoms with Gasteiger partial charge in [-0.25, -0.2) is 0 Å². The van der Waals surface area contributed by atoms with Crippen LogP contribution in [-0.2, 0) is 4.65 Å². The van der Waals surface area contributed by atoms with Crippen molar-refractivity contribution in [3.05, 3.63) is 11.4 Å². The highest BCUT2D eigenvalue weighted by Gasteiger charge is 2.40. The van der Waals surface area contributed by atoms with Crippen LogP contribution in [0.4, 0.5) is 0 Å². The zero-order valence-electron chi connectivity index (χ0n) is 11.3. The van der Waals surface area contributed by atoms with Gasteiger partial charge < -0.3 is 14.8 Å². The molecule has 1 rings (SSSR count). The van der Waals surface area contributed by atoms with Crippen LogP contribution in [0.1, 0.15) is 39.1 Å². The summed E-state index contributed by atoms with van der Waals surface area (Å²) < 4.78 is 5.55. The van der Waals surface area contributed by atoms with E-state index < -0.39 is 18.3 Å². The minimum Gasteiger partial charge on any atom is -0.423 e. The highest BCUT2D eigenvalue weighted by Crippen LogP contribution is 2.25. The number of nitrogens with one attached hydrogen (secondary N) is 1. The van der Waals surface area contributed by atoms with Crippen LogP contribution in [0.2, 0.25) is 0 Å². The molecule has 0 aliphatic heterocycles. The van der Waals surface area contributed by atoms with E-state index in [4.69, 9.17) is 4.65 Å². The zero-order chi connectivity index (χ0) is 13.4. The lowest BCUT2D eigenvalue weighted by Crippen LogP contribution is -2.53. The van der Waals surface area contributed by atoms with E-state index in [2.05, 4.69) is 10.2 Å². The summed E-state index contributed by atoms with van der Waals surface area (Å²) in [6, 6.07) is 0. The van der Waals surface area contributed by atoms with Gasteiger partial charge in [0.05, 0.1) is 16.9 Å². The minimum atomic E-state index is -1.10. The molecule has 0 unspecified atom stereocenters. The molecule has 0 amide bonds. The minimum absolute atomic E-state index is 0.627. The quantitative estimate of drug-likeness (QED) is 0.660. The molecule has 3 N–H and O–H groups in total. The molecule has 0 radical (unpaired) electrons. The van der Waals surface area contributed by atoms with Crippen LogP contribution < -0.4 is 5.46 Å². The molecule has 1 aromatic rings. The Labute approximate surface area is 102 Å². The van der Waals surface area contributed by atoms with Gasteiger partial charge in [-0.05, 0) is 41.5 Å². The molecule has 1 heterocycles. The molecule has 0 aliphatic carbocycles. The number of aromatic amines is 1. The molecule has 6 heteroatoms. The second kappa shape index (κ2) is 4.44. The molecule has 0 saturated heterocycles. The number of nitrogens with zero attached hydrogens (tertiary/aromatic N) is 1. The van der Waals surface area contributed by atoms with Gasteiger partial charge in [0.15, 0.2) is 0 Å². The fourth-order valence-corrected chi connectivity index (χ4v) is 1.41. The molecule has 1 aromatic heterocycles. The van der Waals surface area contributed by atoms with Crippen molar-refractivity contribution in [2.75, 3.05) is 0 Å². The Morgan fingerprint density at radius 1 is 1.24 bits per heavy atom. The van der Waals surface area contributed by atoms with Crippen molar-refractivity contribution >= 4 is 12.6 Å². The van der Waals surface area contributed by atoms with E-state index in [-0.39, 0.29) is 0 Å². The van der Waals surface area contributed by atoms with Crippen molar-refractivity contribution in [3.63, 3.8) is 0 Å². The second-order valence-electron chi connectivity index (χ2n) is 5.39. The van der Waals surface area contributed by atoms with Crippen LogP contribution in [0.5, 0.6) is 0 Å². The average molecular weight is 240 g/mol. The summed E-state index contributed by atoms with van der Waals surface area (Å²) in [7, 11) is -1.10. The van der Waals surface area contributed by atoms with Gasteiger partial charge in [-0.1, -0.05) is 0 Å². The highest BCUT2D eigenvalue weighted by atomic mass is 16.5. The first-order chi connectivity index (χ1) is 7.56. The Morgan fingerprint density at radius 2 is 1.76 bits per heavy atom. The topological polar surface area (TPSA) is 78.4 Å². The van der Waals surface area contributed by atoms with Crippen LogP contribution in [-0.4, -0.2) is 38.6 Å². The van der Waals surface area contributed by atoms with E-state index >= 15 is 0 Å². The maximum Gasteiger partial charge on any atom is 0.495 e. The summed E-state index contributed by atoms with van der Waals surface area (Å²) >= 11 is 0. The first-order valence-electron chi connectivity index (χ1n) is 5.66. The molecule has 0 saturated carbocycles. The van der Waals surface area contributed by atoms with Crippen molar-refractivity contribution < 1.29 is 14.8 Å². The van der Waals surface area contributed by atoms with E-state index in [1.165, 1.54) is 0 Å². The molecule has 0 atom stereocenters. The number of H-pyrrole nitrogens is 1. The molecule has 0 fully saturated rings. The Bertz CT molecular complexity index is 376. The Balaban J connectivity index is 2.91. The van der Waals surface area contributed by atoms with Gasteiger partial charge in [0.1, 0.15) is 0 Å². The lowest BCUT2D eigenvalue weighted by Gasteiger charge is -2.38. The normalized spacial score (nSPS) is 12.9. The van der Waals surface area contributed by atoms with Crippen LogP contribution in [0, 0.1) is 13.8 Å². The molecular weight excluding hydrogens is 219 g/mol. The molecule has 0 spiro atoms. The standard InChI is InChI=1S/C11H21BN2O3/c1-7-9(8(2)14-13-7)12(16)17-11(5,6)10(3,4)15/h15-16H,1-6H3,(H,13,14). The van der Waals surface area contributed by atoms with Gasteiger partial charge in [0.25, 0.3) is 0 Å². The Kier molecular flexibility index (Phi) is 3.71. The van der Waals surface area contributed by atoms with Gasteiger partial charge in [0, 0.05) is 11.2 Å². The van der Waals surface area contributed by atoms with Gasteiger partial charge in [-0.15, -0.1) is 0 Å². The third-order valence-electron chi connectivity index (χ3n) is 3.31.